The van der Waals surface area contributed by atoms with Gasteiger partial charge in [-0.2, -0.15) is 0 Å². The van der Waals surface area contributed by atoms with Crippen molar-refractivity contribution in [3.63, 3.8) is 0 Å². The van der Waals surface area contributed by atoms with E-state index in [0.717, 1.165) is 0 Å². The topological polar surface area (TPSA) is 72.5 Å². The number of carbonyl (C=O) groups excluding carboxylic acids is 1. The van der Waals surface area contributed by atoms with Gasteiger partial charge in [-0.1, -0.05) is 29.3 Å². The molecule has 0 bridgehead atoms. The highest BCUT2D eigenvalue weighted by atomic mass is 35.5. The summed E-state index contributed by atoms with van der Waals surface area (Å²) < 4.78 is 25.0. The molecule has 2 aromatic rings. The maximum absolute atomic E-state index is 14.3. The van der Waals surface area contributed by atoms with Crippen molar-refractivity contribution in [2.75, 3.05) is 18.5 Å². The summed E-state index contributed by atoms with van der Waals surface area (Å²) in [7, 11) is 0. The lowest BCUT2D eigenvalue weighted by atomic mass is 10.2. The van der Waals surface area contributed by atoms with Crippen LogP contribution in [0, 0.1) is 5.82 Å². The Hall–Kier alpha value is -2.25. The number of alkyl carbamates (subject to hydrolysis) is 1. The first-order valence-corrected chi connectivity index (χ1v) is 8.87. The number of nitrogens with one attached hydrogen (secondary N) is 2. The van der Waals surface area contributed by atoms with E-state index in [1.807, 2.05) is 0 Å². The van der Waals surface area contributed by atoms with Crippen molar-refractivity contribution in [1.82, 2.24) is 10.3 Å². The van der Waals surface area contributed by atoms with Gasteiger partial charge in [0.25, 0.3) is 0 Å². The van der Waals surface area contributed by atoms with Gasteiger partial charge in [0.1, 0.15) is 34.6 Å². The predicted molar refractivity (Wildman–Crippen MR) is 104 cm³/mol. The van der Waals surface area contributed by atoms with Crippen molar-refractivity contribution in [1.29, 1.82) is 0 Å². The number of ether oxygens (including phenoxy) is 2. The number of hydrogen-bond donors (Lipinski definition) is 2. The quantitative estimate of drug-likeness (QED) is 0.502. The minimum atomic E-state index is -0.588. The van der Waals surface area contributed by atoms with Crippen LogP contribution in [0.2, 0.25) is 10.2 Å². The zero-order chi connectivity index (χ0) is 20.0. The first-order chi connectivity index (χ1) is 12.7. The SMILES string of the molecule is CC(C)(C)OC(=O)NCCOc1cccc(F)c1Nc1cc(Cl)ncc1Cl. The number of pyridine rings is 1. The van der Waals surface area contributed by atoms with E-state index in [1.54, 1.807) is 26.8 Å². The Morgan fingerprint density at radius 1 is 1.30 bits per heavy atom. The molecule has 9 heteroatoms. The van der Waals surface area contributed by atoms with Gasteiger partial charge >= 0.3 is 6.09 Å². The summed E-state index contributed by atoms with van der Waals surface area (Å²) in [6.07, 6.45) is 0.806. The van der Waals surface area contributed by atoms with Gasteiger partial charge in [0.05, 0.1) is 17.3 Å². The van der Waals surface area contributed by atoms with E-state index in [2.05, 4.69) is 15.6 Å². The molecular weight excluding hydrogens is 396 g/mol. The zero-order valence-electron chi connectivity index (χ0n) is 15.1. The summed E-state index contributed by atoms with van der Waals surface area (Å²) in [6, 6.07) is 5.86. The van der Waals surface area contributed by atoms with E-state index >= 15 is 0 Å². The van der Waals surface area contributed by atoms with Crippen LogP contribution in [-0.2, 0) is 4.74 Å². The number of halogens is 3. The number of rotatable bonds is 6. The molecule has 0 spiro atoms. The zero-order valence-corrected chi connectivity index (χ0v) is 16.6. The van der Waals surface area contributed by atoms with Gasteiger partial charge in [-0.3, -0.25) is 0 Å². The monoisotopic (exact) mass is 415 g/mol. The number of nitrogens with zero attached hydrogens (tertiary/aromatic N) is 1. The maximum Gasteiger partial charge on any atom is 0.407 e. The maximum atomic E-state index is 14.3. The molecule has 27 heavy (non-hydrogen) atoms. The number of para-hydroxylation sites is 1. The van der Waals surface area contributed by atoms with Crippen molar-refractivity contribution in [3.8, 4) is 5.75 Å². The Morgan fingerprint density at radius 3 is 2.74 bits per heavy atom. The molecule has 0 atom stereocenters. The van der Waals surface area contributed by atoms with Crippen LogP contribution in [0.15, 0.2) is 30.5 Å². The standard InChI is InChI=1S/C18H20Cl2FN3O3/c1-18(2,3)27-17(25)22-7-8-26-14-6-4-5-12(21)16(14)24-13-9-15(20)23-10-11(13)19/h4-6,9-10H,7-8H2,1-3H3,(H,22,25)(H,23,24). The predicted octanol–water partition coefficient (Wildman–Crippen LogP) is 5.17. The molecule has 6 nitrogen and oxygen atoms in total. The average Bonchev–Trinajstić information content (AvgIpc) is 2.56. The van der Waals surface area contributed by atoms with Crippen LogP contribution < -0.4 is 15.4 Å². The molecule has 2 rings (SSSR count). The fourth-order valence-electron chi connectivity index (χ4n) is 2.02. The second-order valence-corrected chi connectivity index (χ2v) is 7.30. The molecule has 1 amide bonds. The van der Waals surface area contributed by atoms with Crippen molar-refractivity contribution < 1.29 is 18.7 Å². The molecule has 0 aliphatic carbocycles. The second kappa shape index (κ2) is 9.10. The van der Waals surface area contributed by atoms with Crippen LogP contribution in [0.5, 0.6) is 5.75 Å². The van der Waals surface area contributed by atoms with Gasteiger partial charge in [0.15, 0.2) is 0 Å². The summed E-state index contributed by atoms with van der Waals surface area (Å²) in [5, 5.41) is 5.91. The van der Waals surface area contributed by atoms with Crippen molar-refractivity contribution in [2.45, 2.75) is 26.4 Å². The smallest absolute Gasteiger partial charge is 0.407 e. The van der Waals surface area contributed by atoms with Crippen molar-refractivity contribution in [2.24, 2.45) is 0 Å². The number of carbonyl (C=O) groups is 1. The fourth-order valence-corrected chi connectivity index (χ4v) is 2.33. The van der Waals surface area contributed by atoms with Crippen molar-refractivity contribution in [3.05, 3.63) is 46.5 Å². The van der Waals surface area contributed by atoms with Crippen molar-refractivity contribution >= 4 is 40.7 Å². The minimum Gasteiger partial charge on any atom is -0.489 e. The van der Waals surface area contributed by atoms with Crippen LogP contribution in [0.3, 0.4) is 0 Å². The minimum absolute atomic E-state index is 0.0962. The Morgan fingerprint density at radius 2 is 2.04 bits per heavy atom. The van der Waals surface area contributed by atoms with Crippen LogP contribution in [0.25, 0.3) is 0 Å². The van der Waals surface area contributed by atoms with Gasteiger partial charge in [0, 0.05) is 12.3 Å². The number of benzene rings is 1. The normalized spacial score (nSPS) is 11.0. The van der Waals surface area contributed by atoms with E-state index in [-0.39, 0.29) is 34.8 Å². The molecule has 1 aromatic heterocycles. The third kappa shape index (κ3) is 6.77. The van der Waals surface area contributed by atoms with Crippen LogP contribution in [-0.4, -0.2) is 29.8 Å². The second-order valence-electron chi connectivity index (χ2n) is 6.50. The first kappa shape index (κ1) is 21.1. The number of amides is 1. The molecule has 0 aliphatic rings. The third-order valence-corrected chi connectivity index (χ3v) is 3.59. The Bertz CT molecular complexity index is 813. The summed E-state index contributed by atoms with van der Waals surface area (Å²) in [5.41, 5.74) is -0.104. The Labute approximate surface area is 167 Å². The van der Waals surface area contributed by atoms with E-state index in [1.165, 1.54) is 24.4 Å². The van der Waals surface area contributed by atoms with Gasteiger partial charge in [0.2, 0.25) is 0 Å². The summed E-state index contributed by atoms with van der Waals surface area (Å²) in [5.74, 6) is -0.276. The molecule has 0 radical (unpaired) electrons. The fraction of sp³-hybridized carbons (Fsp3) is 0.333. The molecule has 0 fully saturated rings. The molecular formula is C18H20Cl2FN3O3. The summed E-state index contributed by atoms with van der Waals surface area (Å²) in [6.45, 7) is 5.60. The number of hydrogen-bond acceptors (Lipinski definition) is 5. The van der Waals surface area contributed by atoms with Crippen LogP contribution in [0.4, 0.5) is 20.6 Å². The molecule has 1 heterocycles. The van der Waals surface area contributed by atoms with E-state index in [0.29, 0.717) is 5.69 Å². The summed E-state index contributed by atoms with van der Waals surface area (Å²) >= 11 is 11.9. The molecule has 2 N–H and O–H groups in total. The van der Waals surface area contributed by atoms with E-state index in [9.17, 15) is 9.18 Å². The lowest BCUT2D eigenvalue weighted by Gasteiger charge is -2.20. The lowest BCUT2D eigenvalue weighted by Crippen LogP contribution is -2.34. The summed E-state index contributed by atoms with van der Waals surface area (Å²) in [4.78, 5) is 15.5. The van der Waals surface area contributed by atoms with Gasteiger partial charge in [-0.25, -0.2) is 14.2 Å². The first-order valence-electron chi connectivity index (χ1n) is 8.12. The molecule has 0 aliphatic heterocycles. The van der Waals surface area contributed by atoms with Gasteiger partial charge in [-0.15, -0.1) is 0 Å². The Kier molecular flexibility index (Phi) is 7.10. The number of anilines is 2. The van der Waals surface area contributed by atoms with Gasteiger partial charge < -0.3 is 20.1 Å². The third-order valence-electron chi connectivity index (χ3n) is 3.08. The number of aromatic nitrogens is 1. The molecule has 0 saturated heterocycles. The molecule has 0 saturated carbocycles. The largest absolute Gasteiger partial charge is 0.489 e. The highest BCUT2D eigenvalue weighted by molar-refractivity contribution is 6.34. The van der Waals surface area contributed by atoms with Crippen LogP contribution in [0.1, 0.15) is 20.8 Å². The highest BCUT2D eigenvalue weighted by Gasteiger charge is 2.16. The van der Waals surface area contributed by atoms with E-state index < -0.39 is 17.5 Å². The molecule has 1 aromatic carbocycles. The van der Waals surface area contributed by atoms with Crippen LogP contribution >= 0.6 is 23.2 Å². The molecule has 0 unspecified atom stereocenters. The lowest BCUT2D eigenvalue weighted by molar-refractivity contribution is 0.0520. The molecule has 146 valence electrons. The van der Waals surface area contributed by atoms with Gasteiger partial charge in [-0.05, 0) is 32.9 Å². The van der Waals surface area contributed by atoms with E-state index in [4.69, 9.17) is 32.7 Å². The Balaban J connectivity index is 2.01. The highest BCUT2D eigenvalue weighted by Crippen LogP contribution is 2.33. The average molecular weight is 416 g/mol.